The van der Waals surface area contributed by atoms with E-state index >= 15 is 0 Å². The average Bonchev–Trinajstić information content (AvgIpc) is 3.65. The first-order valence-electron chi connectivity index (χ1n) is 13.1. The van der Waals surface area contributed by atoms with Gasteiger partial charge >= 0.3 is 12.6 Å². The van der Waals surface area contributed by atoms with E-state index in [1.54, 1.807) is 0 Å². The van der Waals surface area contributed by atoms with E-state index in [0.29, 0.717) is 29.4 Å². The summed E-state index contributed by atoms with van der Waals surface area (Å²) in [6.07, 6.45) is 3.48. The van der Waals surface area contributed by atoms with Crippen LogP contribution < -0.4 is 9.47 Å². The van der Waals surface area contributed by atoms with E-state index < -0.39 is 39.9 Å². The van der Waals surface area contributed by atoms with E-state index in [9.17, 15) is 26.4 Å². The standard InChI is InChI=1S/C28H25Cl2F3N2O6S2/c29-21-13-34-14-22(30)20(21)12-24(17-6-7-23(41-28(32)33)25(10-17)39-15-16-4-5-16)40-27(36)26-35(8-9-42-26)43(37,38)19-3-1-2-18(31)11-19/h1-3,6-7,10-11,13-14,16,24,26,28H,4-5,8-9,12,15H2/t24-,26?/m0/s1. The molecule has 1 saturated heterocycles. The lowest BCUT2D eigenvalue weighted by atomic mass is 10.0. The maximum atomic E-state index is 13.8. The summed E-state index contributed by atoms with van der Waals surface area (Å²) in [6.45, 7) is -2.81. The maximum Gasteiger partial charge on any atom is 0.387 e. The van der Waals surface area contributed by atoms with Gasteiger partial charge in [-0.3, -0.25) is 4.98 Å². The first kappa shape index (κ1) is 31.7. The zero-order valence-corrected chi connectivity index (χ0v) is 25.4. The van der Waals surface area contributed by atoms with Crippen LogP contribution in [0.15, 0.2) is 59.8 Å². The number of halogens is 5. The summed E-state index contributed by atoms with van der Waals surface area (Å²) >= 11 is 13.8. The van der Waals surface area contributed by atoms with Gasteiger partial charge in [-0.2, -0.15) is 13.1 Å². The Morgan fingerprint density at radius 1 is 1.09 bits per heavy atom. The molecule has 0 amide bonds. The van der Waals surface area contributed by atoms with Crippen molar-refractivity contribution in [2.45, 2.75) is 42.2 Å². The molecule has 5 rings (SSSR count). The molecule has 1 saturated carbocycles. The fraction of sp³-hybridized carbons (Fsp3) is 0.357. The third kappa shape index (κ3) is 7.69. The Balaban J connectivity index is 1.46. The van der Waals surface area contributed by atoms with Gasteiger partial charge in [0.2, 0.25) is 10.0 Å². The van der Waals surface area contributed by atoms with Crippen LogP contribution in [0.3, 0.4) is 0 Å². The number of sulfonamides is 1. The normalized spacial score (nSPS) is 18.0. The van der Waals surface area contributed by atoms with Gasteiger partial charge in [-0.15, -0.1) is 11.8 Å². The Kier molecular flexibility index (Phi) is 9.96. The Bertz CT molecular complexity index is 1580. The summed E-state index contributed by atoms with van der Waals surface area (Å²) in [6, 6.07) is 8.65. The minimum Gasteiger partial charge on any atom is -0.489 e. The minimum atomic E-state index is -4.25. The van der Waals surface area contributed by atoms with Crippen LogP contribution in [0.2, 0.25) is 10.0 Å². The van der Waals surface area contributed by atoms with Crippen LogP contribution in [0.1, 0.15) is 30.1 Å². The minimum absolute atomic E-state index is 0.00518. The first-order valence-corrected chi connectivity index (χ1v) is 16.4. The molecular formula is C28H25Cl2F3N2O6S2. The van der Waals surface area contributed by atoms with E-state index in [-0.39, 0.29) is 39.4 Å². The molecule has 230 valence electrons. The first-order chi connectivity index (χ1) is 20.5. The van der Waals surface area contributed by atoms with Gasteiger partial charge in [0.15, 0.2) is 16.9 Å². The zero-order chi connectivity index (χ0) is 30.7. The van der Waals surface area contributed by atoms with Crippen LogP contribution in [0.4, 0.5) is 13.2 Å². The van der Waals surface area contributed by atoms with E-state index in [1.165, 1.54) is 42.7 Å². The highest BCUT2D eigenvalue weighted by Crippen LogP contribution is 2.39. The van der Waals surface area contributed by atoms with Crippen molar-refractivity contribution in [3.05, 3.63) is 81.8 Å². The van der Waals surface area contributed by atoms with E-state index in [0.717, 1.165) is 41.0 Å². The van der Waals surface area contributed by atoms with Crippen molar-refractivity contribution < 1.29 is 40.6 Å². The molecule has 2 aliphatic rings. The second kappa shape index (κ2) is 13.5. The van der Waals surface area contributed by atoms with Crippen LogP contribution in [-0.4, -0.2) is 54.6 Å². The molecule has 0 bridgehead atoms. The Morgan fingerprint density at radius 2 is 1.84 bits per heavy atom. The van der Waals surface area contributed by atoms with Crippen molar-refractivity contribution in [3.8, 4) is 11.5 Å². The number of carbonyl (C=O) groups excluding carboxylic acids is 1. The molecular weight excluding hydrogens is 652 g/mol. The Morgan fingerprint density at radius 3 is 2.51 bits per heavy atom. The van der Waals surface area contributed by atoms with Crippen molar-refractivity contribution in [2.24, 2.45) is 5.92 Å². The molecule has 15 heteroatoms. The van der Waals surface area contributed by atoms with Gasteiger partial charge in [0, 0.05) is 31.1 Å². The number of nitrogens with zero attached hydrogens (tertiary/aromatic N) is 2. The second-order valence-corrected chi connectivity index (χ2v) is 13.7. The maximum absolute atomic E-state index is 13.8. The van der Waals surface area contributed by atoms with Crippen LogP contribution >= 0.6 is 35.0 Å². The predicted octanol–water partition coefficient (Wildman–Crippen LogP) is 6.51. The van der Waals surface area contributed by atoms with E-state index in [4.69, 9.17) is 32.7 Å². The third-order valence-electron chi connectivity index (χ3n) is 6.78. The molecule has 8 nitrogen and oxygen atoms in total. The Hall–Kier alpha value is -2.71. The van der Waals surface area contributed by atoms with Crippen molar-refractivity contribution in [1.29, 1.82) is 0 Å². The third-order valence-corrected chi connectivity index (χ3v) is 10.6. The van der Waals surface area contributed by atoms with E-state index in [1.807, 2.05) is 0 Å². The van der Waals surface area contributed by atoms with Crippen LogP contribution in [0, 0.1) is 11.7 Å². The zero-order valence-electron chi connectivity index (χ0n) is 22.3. The van der Waals surface area contributed by atoms with Gasteiger partial charge in [0.1, 0.15) is 11.9 Å². The van der Waals surface area contributed by atoms with Crippen LogP contribution in [0.5, 0.6) is 11.5 Å². The smallest absolute Gasteiger partial charge is 0.387 e. The van der Waals surface area contributed by atoms with Gasteiger partial charge in [-0.05, 0) is 60.2 Å². The van der Waals surface area contributed by atoms with Crippen LogP contribution in [0.25, 0.3) is 0 Å². The molecule has 43 heavy (non-hydrogen) atoms. The number of hydrogen-bond acceptors (Lipinski definition) is 8. The lowest BCUT2D eigenvalue weighted by Crippen LogP contribution is -2.40. The highest BCUT2D eigenvalue weighted by molar-refractivity contribution is 8.02. The molecule has 2 heterocycles. The lowest BCUT2D eigenvalue weighted by Gasteiger charge is -2.26. The summed E-state index contributed by atoms with van der Waals surface area (Å²) in [5.41, 5.74) is 0.736. The molecule has 0 N–H and O–H groups in total. The molecule has 1 aromatic heterocycles. The average molecular weight is 678 g/mol. The fourth-order valence-electron chi connectivity index (χ4n) is 4.42. The molecule has 1 aliphatic heterocycles. The summed E-state index contributed by atoms with van der Waals surface area (Å²) in [5.74, 6) is -1.19. The van der Waals surface area contributed by atoms with Gasteiger partial charge in [0.05, 0.1) is 21.5 Å². The number of aromatic nitrogens is 1. The van der Waals surface area contributed by atoms with Crippen molar-refractivity contribution >= 4 is 51.0 Å². The number of thioether (sulfide) groups is 1. The number of ether oxygens (including phenoxy) is 3. The molecule has 2 fully saturated rings. The predicted molar refractivity (Wildman–Crippen MR) is 155 cm³/mol. The number of esters is 1. The van der Waals surface area contributed by atoms with Crippen molar-refractivity contribution in [3.63, 3.8) is 0 Å². The molecule has 2 aromatic carbocycles. The number of pyridine rings is 1. The SMILES string of the molecule is O=C(O[C@@H](Cc1c(Cl)cncc1Cl)c1ccc(OC(F)F)c(OCC2CC2)c1)C1SCCN1S(=O)(=O)c1cccc(F)c1. The number of benzene rings is 2. The lowest BCUT2D eigenvalue weighted by molar-refractivity contribution is -0.150. The highest BCUT2D eigenvalue weighted by Gasteiger charge is 2.42. The molecule has 1 unspecified atom stereocenters. The molecule has 0 radical (unpaired) electrons. The quantitative estimate of drug-likeness (QED) is 0.201. The monoisotopic (exact) mass is 676 g/mol. The number of hydrogen-bond donors (Lipinski definition) is 0. The highest BCUT2D eigenvalue weighted by atomic mass is 35.5. The molecule has 1 aliphatic carbocycles. The fourth-order valence-corrected chi connectivity index (χ4v) is 8.02. The van der Waals surface area contributed by atoms with Crippen molar-refractivity contribution in [1.82, 2.24) is 9.29 Å². The summed E-state index contributed by atoms with van der Waals surface area (Å²) in [5, 5.41) is -0.880. The second-order valence-electron chi connectivity index (χ2n) is 9.85. The number of carbonyl (C=O) groups is 1. The molecule has 2 atom stereocenters. The number of alkyl halides is 2. The van der Waals surface area contributed by atoms with Gasteiger partial charge in [-0.1, -0.05) is 35.3 Å². The van der Waals surface area contributed by atoms with E-state index in [2.05, 4.69) is 9.72 Å². The topological polar surface area (TPSA) is 95.0 Å². The van der Waals surface area contributed by atoms with Crippen molar-refractivity contribution in [2.75, 3.05) is 18.9 Å². The summed E-state index contributed by atoms with van der Waals surface area (Å²) in [7, 11) is -4.25. The van der Waals surface area contributed by atoms with Crippen LogP contribution in [-0.2, 0) is 26.0 Å². The largest absolute Gasteiger partial charge is 0.489 e. The van der Waals surface area contributed by atoms with Gasteiger partial charge in [-0.25, -0.2) is 17.6 Å². The Labute approximate surface area is 260 Å². The number of rotatable bonds is 12. The summed E-state index contributed by atoms with van der Waals surface area (Å²) in [4.78, 5) is 17.2. The van der Waals surface area contributed by atoms with Gasteiger partial charge < -0.3 is 14.2 Å². The molecule has 3 aromatic rings. The molecule has 0 spiro atoms. The summed E-state index contributed by atoms with van der Waals surface area (Å²) < 4.78 is 84.0. The van der Waals surface area contributed by atoms with Gasteiger partial charge in [0.25, 0.3) is 0 Å².